The molecule has 0 spiro atoms. The molecule has 2 rings (SSSR count). The molecule has 0 aromatic carbocycles. The molecular weight excluding hydrogens is 318 g/mol. The van der Waals surface area contributed by atoms with Crippen LogP contribution in [-0.4, -0.2) is 37.0 Å². The summed E-state index contributed by atoms with van der Waals surface area (Å²) in [6.45, 7) is 7.57. The van der Waals surface area contributed by atoms with E-state index in [0.29, 0.717) is 24.2 Å². The summed E-state index contributed by atoms with van der Waals surface area (Å²) in [5.74, 6) is -0.696. The minimum atomic E-state index is -3.67. The fourth-order valence-corrected chi connectivity index (χ4v) is 4.91. The van der Waals surface area contributed by atoms with Gasteiger partial charge in [0.05, 0.1) is 35.4 Å². The predicted molar refractivity (Wildman–Crippen MR) is 87.8 cm³/mol. The Balaban J connectivity index is 2.24. The number of aromatic nitrogens is 2. The van der Waals surface area contributed by atoms with Gasteiger partial charge in [-0.05, 0) is 40.5 Å². The quantitative estimate of drug-likeness (QED) is 0.799. The number of carbonyl (C=O) groups excluding carboxylic acids is 1. The average molecular weight is 343 g/mol. The molecule has 0 atom stereocenters. The maximum Gasteiger partial charge on any atom is 0.312 e. The topological polar surface area (TPSA) is 90.3 Å². The summed E-state index contributed by atoms with van der Waals surface area (Å²) in [6.07, 6.45) is 1.93. The number of ether oxygens (including phenoxy) is 1. The van der Waals surface area contributed by atoms with Crippen molar-refractivity contribution in [2.45, 2.75) is 53.0 Å². The number of aryl methyl sites for hydroxylation is 1. The van der Waals surface area contributed by atoms with Crippen LogP contribution in [0.5, 0.6) is 0 Å². The molecule has 8 heteroatoms. The Morgan fingerprint density at radius 3 is 2.39 bits per heavy atom. The van der Waals surface area contributed by atoms with E-state index in [1.165, 1.54) is 7.11 Å². The molecule has 7 nitrogen and oxygen atoms in total. The maximum absolute atomic E-state index is 12.6. The molecule has 0 bridgehead atoms. The third kappa shape index (κ3) is 3.36. The Bertz CT molecular complexity index is 703. The SMILES string of the molecule is COC(=O)C1(CS(=O)(=O)Nc2c(C)nn(C(C)C)c2C)CCC1. The van der Waals surface area contributed by atoms with E-state index in [1.807, 2.05) is 20.8 Å². The summed E-state index contributed by atoms with van der Waals surface area (Å²) in [5, 5.41) is 4.37. The number of hydrogen-bond donors (Lipinski definition) is 1. The zero-order chi connectivity index (χ0) is 17.4. The molecule has 1 heterocycles. The summed E-state index contributed by atoms with van der Waals surface area (Å²) >= 11 is 0. The van der Waals surface area contributed by atoms with E-state index in [1.54, 1.807) is 11.6 Å². The van der Waals surface area contributed by atoms with Gasteiger partial charge in [0.1, 0.15) is 0 Å². The lowest BCUT2D eigenvalue weighted by atomic mass is 9.70. The molecule has 0 saturated heterocycles. The van der Waals surface area contributed by atoms with E-state index in [4.69, 9.17) is 4.74 Å². The molecule has 1 aromatic rings. The van der Waals surface area contributed by atoms with Gasteiger partial charge in [-0.3, -0.25) is 14.2 Å². The van der Waals surface area contributed by atoms with Gasteiger partial charge in [-0.2, -0.15) is 5.10 Å². The molecule has 0 unspecified atom stereocenters. The highest BCUT2D eigenvalue weighted by Crippen LogP contribution is 2.43. The van der Waals surface area contributed by atoms with Crippen LogP contribution in [0.15, 0.2) is 0 Å². The van der Waals surface area contributed by atoms with Crippen molar-refractivity contribution in [2.24, 2.45) is 5.41 Å². The van der Waals surface area contributed by atoms with E-state index < -0.39 is 21.4 Å². The van der Waals surface area contributed by atoms with Gasteiger partial charge in [-0.15, -0.1) is 0 Å². The molecular formula is C15H25N3O4S. The van der Waals surface area contributed by atoms with Gasteiger partial charge in [-0.25, -0.2) is 8.42 Å². The number of esters is 1. The van der Waals surface area contributed by atoms with E-state index in [9.17, 15) is 13.2 Å². The van der Waals surface area contributed by atoms with Gasteiger partial charge in [-0.1, -0.05) is 6.42 Å². The third-order valence-corrected chi connectivity index (χ3v) is 5.91. The highest BCUT2D eigenvalue weighted by molar-refractivity contribution is 7.92. The van der Waals surface area contributed by atoms with Crippen molar-refractivity contribution < 1.29 is 17.9 Å². The summed E-state index contributed by atoms with van der Waals surface area (Å²) in [7, 11) is -2.37. The monoisotopic (exact) mass is 343 g/mol. The van der Waals surface area contributed by atoms with Crippen LogP contribution in [0.4, 0.5) is 5.69 Å². The van der Waals surface area contributed by atoms with Crippen LogP contribution in [-0.2, 0) is 19.6 Å². The molecule has 1 aliphatic rings. The van der Waals surface area contributed by atoms with Crippen LogP contribution in [0, 0.1) is 19.3 Å². The molecule has 1 aromatic heterocycles. The number of nitrogens with one attached hydrogen (secondary N) is 1. The van der Waals surface area contributed by atoms with Crippen molar-refractivity contribution in [2.75, 3.05) is 17.6 Å². The number of methoxy groups -OCH3 is 1. The van der Waals surface area contributed by atoms with Crippen molar-refractivity contribution in [1.82, 2.24) is 9.78 Å². The molecule has 1 fully saturated rings. The first-order valence-electron chi connectivity index (χ1n) is 7.76. The van der Waals surface area contributed by atoms with Crippen LogP contribution < -0.4 is 4.72 Å². The van der Waals surface area contributed by atoms with E-state index in [2.05, 4.69) is 9.82 Å². The van der Waals surface area contributed by atoms with Crippen LogP contribution in [0.25, 0.3) is 0 Å². The van der Waals surface area contributed by atoms with Gasteiger partial charge in [0, 0.05) is 6.04 Å². The minimum absolute atomic E-state index is 0.139. The first kappa shape index (κ1) is 17.8. The number of nitrogens with zero attached hydrogens (tertiary/aromatic N) is 2. The van der Waals surface area contributed by atoms with Crippen LogP contribution in [0.3, 0.4) is 0 Å². The fourth-order valence-electron chi connectivity index (χ4n) is 3.10. The van der Waals surface area contributed by atoms with Gasteiger partial charge in [0.2, 0.25) is 10.0 Å². The Morgan fingerprint density at radius 2 is 2.00 bits per heavy atom. The van der Waals surface area contributed by atoms with Crippen molar-refractivity contribution in [3.05, 3.63) is 11.4 Å². The average Bonchev–Trinajstić information content (AvgIpc) is 2.70. The highest BCUT2D eigenvalue weighted by atomic mass is 32.2. The van der Waals surface area contributed by atoms with Crippen molar-refractivity contribution in [3.8, 4) is 0 Å². The molecule has 130 valence electrons. The zero-order valence-electron chi connectivity index (χ0n) is 14.3. The van der Waals surface area contributed by atoms with Crippen LogP contribution in [0.2, 0.25) is 0 Å². The molecule has 0 radical (unpaired) electrons. The zero-order valence-corrected chi connectivity index (χ0v) is 15.2. The van der Waals surface area contributed by atoms with E-state index in [-0.39, 0.29) is 11.8 Å². The van der Waals surface area contributed by atoms with Gasteiger partial charge < -0.3 is 4.74 Å². The number of hydrogen-bond acceptors (Lipinski definition) is 5. The second kappa shape index (κ2) is 6.14. The fraction of sp³-hybridized carbons (Fsp3) is 0.733. The maximum atomic E-state index is 12.6. The number of anilines is 1. The minimum Gasteiger partial charge on any atom is -0.469 e. The summed E-state index contributed by atoms with van der Waals surface area (Å²) in [5.41, 5.74) is 0.983. The summed E-state index contributed by atoms with van der Waals surface area (Å²) < 4.78 is 34.3. The Hall–Kier alpha value is -1.57. The Labute approximate surface area is 137 Å². The van der Waals surface area contributed by atoms with Crippen molar-refractivity contribution >= 4 is 21.7 Å². The molecule has 1 N–H and O–H groups in total. The molecule has 0 aliphatic heterocycles. The second-order valence-electron chi connectivity index (χ2n) is 6.57. The molecule has 0 amide bonds. The molecule has 23 heavy (non-hydrogen) atoms. The molecule has 1 aliphatic carbocycles. The number of sulfonamides is 1. The first-order chi connectivity index (χ1) is 10.6. The summed E-state index contributed by atoms with van der Waals surface area (Å²) in [6, 6.07) is 0.139. The smallest absolute Gasteiger partial charge is 0.312 e. The lowest BCUT2D eigenvalue weighted by Crippen LogP contribution is -2.45. The lowest BCUT2D eigenvalue weighted by molar-refractivity contribution is -0.156. The van der Waals surface area contributed by atoms with Crippen LogP contribution >= 0.6 is 0 Å². The normalized spacial score (nSPS) is 17.0. The van der Waals surface area contributed by atoms with Crippen molar-refractivity contribution in [3.63, 3.8) is 0 Å². The standard InChI is InChI=1S/C15H25N3O4S/c1-10(2)18-12(4)13(11(3)16-18)17-23(20,21)9-15(7-6-8-15)14(19)22-5/h10,17H,6-9H2,1-5H3. The molecule has 1 saturated carbocycles. The Morgan fingerprint density at radius 1 is 1.39 bits per heavy atom. The largest absolute Gasteiger partial charge is 0.469 e. The second-order valence-corrected chi connectivity index (χ2v) is 8.29. The highest BCUT2D eigenvalue weighted by Gasteiger charge is 2.48. The number of rotatable bonds is 6. The van der Waals surface area contributed by atoms with Gasteiger partial charge in [0.15, 0.2) is 0 Å². The third-order valence-electron chi connectivity index (χ3n) is 4.47. The Kier molecular flexibility index (Phi) is 4.75. The van der Waals surface area contributed by atoms with E-state index in [0.717, 1.165) is 12.1 Å². The van der Waals surface area contributed by atoms with Gasteiger partial charge in [0.25, 0.3) is 0 Å². The van der Waals surface area contributed by atoms with Crippen molar-refractivity contribution in [1.29, 1.82) is 0 Å². The number of carbonyl (C=O) groups is 1. The lowest BCUT2D eigenvalue weighted by Gasteiger charge is -2.38. The first-order valence-corrected chi connectivity index (χ1v) is 9.42. The van der Waals surface area contributed by atoms with Crippen LogP contribution in [0.1, 0.15) is 50.5 Å². The summed E-state index contributed by atoms with van der Waals surface area (Å²) in [4.78, 5) is 11.9. The predicted octanol–water partition coefficient (Wildman–Crippen LogP) is 2.17. The van der Waals surface area contributed by atoms with E-state index >= 15 is 0 Å². The van der Waals surface area contributed by atoms with Gasteiger partial charge >= 0.3 is 5.97 Å².